The van der Waals surface area contributed by atoms with Gasteiger partial charge in [-0.05, 0) is 63.9 Å². The zero-order valence-corrected chi connectivity index (χ0v) is 23.1. The van der Waals surface area contributed by atoms with Crippen molar-refractivity contribution in [2.24, 2.45) is 17.8 Å². The Kier molecular flexibility index (Phi) is 15.3. The molecular weight excluding hydrogens is 447 g/mol. The highest BCUT2D eigenvalue weighted by Crippen LogP contribution is 2.46. The lowest BCUT2D eigenvalue weighted by Gasteiger charge is -2.36. The molecule has 1 aromatic rings. The molecule has 192 valence electrons. The van der Waals surface area contributed by atoms with Gasteiger partial charge in [-0.1, -0.05) is 51.1 Å². The van der Waals surface area contributed by atoms with Crippen molar-refractivity contribution in [2.75, 3.05) is 13.2 Å². The molecule has 0 N–H and O–H groups in total. The molecule has 7 heteroatoms. The minimum absolute atomic E-state index is 0.137. The highest BCUT2D eigenvalue weighted by molar-refractivity contribution is 7.44. The maximum atomic E-state index is 12.1. The van der Waals surface area contributed by atoms with Crippen LogP contribution < -0.4 is 0 Å². The standard InChI is InChI=1S/C27H45N2O4P/c1-21(2)29(22(3)4)34(32-17-11-16-28)33-19-23(5)18-25(7)24(6)14-15-27(30)31-20-26-12-9-8-10-13-26/h8-10,12-13,21-25H,11,14-15,17-20H2,1-7H3. The second-order valence-corrected chi connectivity index (χ2v) is 11.3. The van der Waals surface area contributed by atoms with Crippen molar-refractivity contribution < 1.29 is 18.6 Å². The van der Waals surface area contributed by atoms with E-state index >= 15 is 0 Å². The third-order valence-corrected chi connectivity index (χ3v) is 8.00. The van der Waals surface area contributed by atoms with Crippen LogP contribution in [0.1, 0.15) is 79.7 Å². The Hall–Kier alpha value is -1.51. The van der Waals surface area contributed by atoms with E-state index < -0.39 is 8.53 Å². The maximum absolute atomic E-state index is 12.1. The van der Waals surface area contributed by atoms with E-state index in [1.807, 2.05) is 30.3 Å². The number of hydrogen-bond acceptors (Lipinski definition) is 6. The van der Waals surface area contributed by atoms with E-state index in [4.69, 9.17) is 19.0 Å². The number of nitriles is 1. The molecule has 0 fully saturated rings. The number of ether oxygens (including phenoxy) is 1. The van der Waals surface area contributed by atoms with Gasteiger partial charge in [0.1, 0.15) is 6.61 Å². The van der Waals surface area contributed by atoms with Gasteiger partial charge in [-0.2, -0.15) is 5.26 Å². The molecule has 0 radical (unpaired) electrons. The topological polar surface area (TPSA) is 71.8 Å². The fraction of sp³-hybridized carbons (Fsp3) is 0.704. The molecule has 0 aliphatic rings. The molecule has 34 heavy (non-hydrogen) atoms. The molecule has 0 aliphatic heterocycles. The van der Waals surface area contributed by atoms with Crippen LogP contribution in [0.25, 0.3) is 0 Å². The minimum Gasteiger partial charge on any atom is -0.461 e. The highest BCUT2D eigenvalue weighted by atomic mass is 31.2. The number of benzene rings is 1. The fourth-order valence-corrected chi connectivity index (χ4v) is 5.60. The molecule has 0 aliphatic carbocycles. The monoisotopic (exact) mass is 492 g/mol. The molecule has 0 heterocycles. The van der Waals surface area contributed by atoms with Crippen molar-refractivity contribution in [3.05, 3.63) is 35.9 Å². The summed E-state index contributed by atoms with van der Waals surface area (Å²) in [6, 6.07) is 12.5. The normalized spacial score (nSPS) is 15.2. The minimum atomic E-state index is -1.21. The van der Waals surface area contributed by atoms with Crippen molar-refractivity contribution in [1.29, 1.82) is 5.26 Å². The maximum Gasteiger partial charge on any atom is 0.306 e. The number of hydrogen-bond donors (Lipinski definition) is 0. The Morgan fingerprint density at radius 3 is 2.24 bits per heavy atom. The van der Waals surface area contributed by atoms with Crippen molar-refractivity contribution in [3.63, 3.8) is 0 Å². The number of nitrogens with zero attached hydrogens (tertiary/aromatic N) is 2. The van der Waals surface area contributed by atoms with E-state index in [1.165, 1.54) is 0 Å². The summed E-state index contributed by atoms with van der Waals surface area (Å²) in [6.07, 6.45) is 2.65. The first-order valence-corrected chi connectivity index (χ1v) is 13.7. The van der Waals surface area contributed by atoms with Crippen LogP contribution in [0.3, 0.4) is 0 Å². The van der Waals surface area contributed by atoms with Gasteiger partial charge in [0.25, 0.3) is 8.53 Å². The van der Waals surface area contributed by atoms with Crippen molar-refractivity contribution >= 4 is 14.5 Å². The Labute approximate surface area is 208 Å². The zero-order valence-electron chi connectivity index (χ0n) is 22.2. The van der Waals surface area contributed by atoms with E-state index in [1.54, 1.807) is 0 Å². The quantitative estimate of drug-likeness (QED) is 0.131. The van der Waals surface area contributed by atoms with Crippen LogP contribution in [0, 0.1) is 29.1 Å². The summed E-state index contributed by atoms with van der Waals surface area (Å²) in [4.78, 5) is 12.1. The van der Waals surface area contributed by atoms with Crippen LogP contribution in [0.4, 0.5) is 0 Å². The van der Waals surface area contributed by atoms with Gasteiger partial charge >= 0.3 is 5.97 Å². The summed E-state index contributed by atoms with van der Waals surface area (Å²) in [5, 5.41) is 8.86. The third-order valence-electron chi connectivity index (χ3n) is 5.92. The summed E-state index contributed by atoms with van der Waals surface area (Å²) in [7, 11) is -1.21. The zero-order chi connectivity index (χ0) is 25.5. The lowest BCUT2D eigenvalue weighted by molar-refractivity contribution is -0.145. The van der Waals surface area contributed by atoms with E-state index in [9.17, 15) is 4.79 Å². The second kappa shape index (κ2) is 17.0. The first-order valence-electron chi connectivity index (χ1n) is 12.6. The number of esters is 1. The van der Waals surface area contributed by atoms with E-state index in [2.05, 4.69) is 59.2 Å². The number of rotatable bonds is 17. The number of carbonyl (C=O) groups excluding carboxylic acids is 1. The summed E-state index contributed by atoms with van der Waals surface area (Å²) in [5.74, 6) is 1.12. The van der Waals surface area contributed by atoms with Gasteiger partial charge in [0.05, 0.1) is 25.7 Å². The molecule has 1 aromatic carbocycles. The van der Waals surface area contributed by atoms with Gasteiger partial charge in [-0.15, -0.1) is 0 Å². The molecule has 0 saturated carbocycles. The molecule has 0 amide bonds. The molecule has 6 nitrogen and oxygen atoms in total. The lowest BCUT2D eigenvalue weighted by Crippen LogP contribution is -2.34. The smallest absolute Gasteiger partial charge is 0.306 e. The first-order chi connectivity index (χ1) is 16.1. The van der Waals surface area contributed by atoms with Crippen LogP contribution in [-0.4, -0.2) is 35.9 Å². The summed E-state index contributed by atoms with van der Waals surface area (Å²) < 4.78 is 19.9. The molecule has 0 bridgehead atoms. The predicted molar refractivity (Wildman–Crippen MR) is 139 cm³/mol. The van der Waals surface area contributed by atoms with Gasteiger partial charge in [0.15, 0.2) is 0 Å². The van der Waals surface area contributed by atoms with Crippen molar-refractivity contribution in [2.45, 2.75) is 92.8 Å². The molecule has 0 aromatic heterocycles. The summed E-state index contributed by atoms with van der Waals surface area (Å²) in [6.45, 7) is 16.6. The van der Waals surface area contributed by atoms with Crippen molar-refractivity contribution in [3.8, 4) is 6.07 Å². The molecule has 0 saturated heterocycles. The van der Waals surface area contributed by atoms with Crippen LogP contribution in [0.5, 0.6) is 0 Å². The van der Waals surface area contributed by atoms with E-state index in [0.717, 1.165) is 18.4 Å². The van der Waals surface area contributed by atoms with Gasteiger partial charge < -0.3 is 13.8 Å². The second-order valence-electron chi connectivity index (χ2n) is 9.82. The molecular formula is C27H45N2O4P. The van der Waals surface area contributed by atoms with Gasteiger partial charge in [0.2, 0.25) is 0 Å². The summed E-state index contributed by atoms with van der Waals surface area (Å²) in [5.41, 5.74) is 1.01. The van der Waals surface area contributed by atoms with Crippen molar-refractivity contribution in [1.82, 2.24) is 4.67 Å². The Morgan fingerprint density at radius 1 is 1.00 bits per heavy atom. The number of carbonyl (C=O) groups is 1. The third kappa shape index (κ3) is 12.3. The SMILES string of the molecule is CC(COP(OCCC#N)N(C(C)C)C(C)C)CC(C)C(C)CCC(=O)OCc1ccccc1. The molecule has 4 unspecified atom stereocenters. The Balaban J connectivity index is 2.44. The average Bonchev–Trinajstić information content (AvgIpc) is 2.79. The lowest BCUT2D eigenvalue weighted by atomic mass is 9.85. The van der Waals surface area contributed by atoms with Crippen LogP contribution in [-0.2, 0) is 25.2 Å². The largest absolute Gasteiger partial charge is 0.461 e. The molecule has 1 rings (SSSR count). The van der Waals surface area contributed by atoms with Gasteiger partial charge in [-0.3, -0.25) is 4.79 Å². The molecule has 0 spiro atoms. The average molecular weight is 493 g/mol. The molecule has 4 atom stereocenters. The van der Waals surface area contributed by atoms with Crippen LogP contribution in [0.2, 0.25) is 0 Å². The van der Waals surface area contributed by atoms with Crippen LogP contribution in [0.15, 0.2) is 30.3 Å². The summed E-state index contributed by atoms with van der Waals surface area (Å²) >= 11 is 0. The van der Waals surface area contributed by atoms with E-state index in [-0.39, 0.29) is 5.97 Å². The Morgan fingerprint density at radius 2 is 1.65 bits per heavy atom. The van der Waals surface area contributed by atoms with Crippen LogP contribution >= 0.6 is 8.53 Å². The Bertz CT molecular complexity index is 715. The van der Waals surface area contributed by atoms with Gasteiger partial charge in [0, 0.05) is 18.5 Å². The highest BCUT2D eigenvalue weighted by Gasteiger charge is 2.28. The van der Waals surface area contributed by atoms with Gasteiger partial charge in [-0.25, -0.2) is 4.67 Å². The van der Waals surface area contributed by atoms with E-state index in [0.29, 0.717) is 62.5 Å². The predicted octanol–water partition coefficient (Wildman–Crippen LogP) is 7.10. The first kappa shape index (κ1) is 30.5. The fourth-order valence-electron chi connectivity index (χ4n) is 3.88.